The van der Waals surface area contributed by atoms with Crippen molar-refractivity contribution in [2.75, 3.05) is 0 Å². The minimum Gasteiger partial charge on any atom is -0.146 e. The van der Waals surface area contributed by atoms with Gasteiger partial charge in [-0.2, -0.15) is 0 Å². The zero-order valence-corrected chi connectivity index (χ0v) is 7.89. The highest BCUT2D eigenvalue weighted by Gasteiger charge is 2.18. The molecule has 0 amide bonds. The van der Waals surface area contributed by atoms with Gasteiger partial charge in [0.1, 0.15) is 0 Å². The predicted octanol–water partition coefficient (Wildman–Crippen LogP) is 3.34. The average Bonchev–Trinajstić information content (AvgIpc) is 1.59. The van der Waals surface area contributed by atoms with Crippen LogP contribution in [-0.4, -0.2) is 6.69 Å². The largest absolute Gasteiger partial charge is 0.248 e. The van der Waals surface area contributed by atoms with E-state index in [2.05, 4.69) is 6.92 Å². The Morgan fingerprint density at radius 3 is 2.00 bits per heavy atom. The fourth-order valence-electron chi connectivity index (χ4n) is 0.487. The molecule has 0 aliphatic rings. The van der Waals surface area contributed by atoms with Crippen LogP contribution < -0.4 is 0 Å². The zero-order chi connectivity index (χ0) is 6.62. The second-order valence-electron chi connectivity index (χ2n) is 2.17. The van der Waals surface area contributed by atoms with Crippen LogP contribution in [0.25, 0.3) is 0 Å². The Morgan fingerprint density at radius 2 is 1.88 bits per heavy atom. The molecule has 0 aromatic carbocycles. The topological polar surface area (TPSA) is 0 Å². The molecule has 0 aromatic rings. The van der Waals surface area contributed by atoms with Gasteiger partial charge in [-0.15, -0.1) is 22.2 Å². The molecule has 0 saturated carbocycles. The van der Waals surface area contributed by atoms with Crippen LogP contribution in [0.2, 0.25) is 12.6 Å². The monoisotopic (exact) mass is 170 g/mol. The lowest BCUT2D eigenvalue weighted by Crippen LogP contribution is -2.10. The molecule has 0 unspecified atom stereocenters. The first-order chi connectivity index (χ1) is 3.56. The molecule has 0 heterocycles. The molecule has 0 atom stereocenters. The van der Waals surface area contributed by atoms with Crippen LogP contribution in [-0.2, 0) is 0 Å². The highest BCUT2D eigenvalue weighted by atomic mass is 35.7. The fraction of sp³-hybridized carbons (Fsp3) is 1.00. The molecule has 3 heteroatoms. The molecular weight excluding hydrogens is 159 g/mol. The van der Waals surface area contributed by atoms with Crippen molar-refractivity contribution in [3.05, 3.63) is 0 Å². The van der Waals surface area contributed by atoms with Gasteiger partial charge in [0.05, 0.1) is 0 Å². The number of rotatable bonds is 3. The minimum atomic E-state index is -1.73. The van der Waals surface area contributed by atoms with E-state index in [9.17, 15) is 0 Å². The van der Waals surface area contributed by atoms with Gasteiger partial charge in [0.25, 0.3) is 0 Å². The molecule has 8 heavy (non-hydrogen) atoms. The maximum Gasteiger partial charge on any atom is 0.248 e. The van der Waals surface area contributed by atoms with Crippen LogP contribution in [0.15, 0.2) is 0 Å². The Balaban J connectivity index is 3.11. The molecule has 50 valence electrons. The predicted molar refractivity (Wildman–Crippen MR) is 43.0 cm³/mol. The molecule has 0 radical (unpaired) electrons. The van der Waals surface area contributed by atoms with Crippen LogP contribution in [0, 0.1) is 0 Å². The molecule has 0 aliphatic heterocycles. The van der Waals surface area contributed by atoms with Crippen molar-refractivity contribution in [3.63, 3.8) is 0 Å². The Kier molecular flexibility index (Phi) is 4.13. The van der Waals surface area contributed by atoms with Gasteiger partial charge in [-0.05, 0) is 12.6 Å². The molecule has 0 aromatic heterocycles. The molecule has 0 aliphatic carbocycles. The summed E-state index contributed by atoms with van der Waals surface area (Å²) >= 11 is 11.6. The van der Waals surface area contributed by atoms with E-state index in [-0.39, 0.29) is 0 Å². The minimum absolute atomic E-state index is 1.03. The van der Waals surface area contributed by atoms with E-state index in [1.807, 2.05) is 6.55 Å². The van der Waals surface area contributed by atoms with Gasteiger partial charge in [-0.25, -0.2) is 0 Å². The lowest BCUT2D eigenvalue weighted by Gasteiger charge is -2.06. The third-order valence-corrected chi connectivity index (χ3v) is 3.33. The number of hydrogen-bond acceptors (Lipinski definition) is 0. The maximum absolute atomic E-state index is 5.82. The average molecular weight is 171 g/mol. The Labute approximate surface area is 61.6 Å². The van der Waals surface area contributed by atoms with Crippen molar-refractivity contribution < 1.29 is 0 Å². The Morgan fingerprint density at radius 1 is 1.38 bits per heavy atom. The van der Waals surface area contributed by atoms with Gasteiger partial charge in [0, 0.05) is 0 Å². The normalized spacial score (nSPS) is 12.0. The Hall–Kier alpha value is 0.797. The van der Waals surface area contributed by atoms with Gasteiger partial charge in [0.15, 0.2) is 0 Å². The third-order valence-electron chi connectivity index (χ3n) is 0.969. The quantitative estimate of drug-likeness (QED) is 0.451. The molecule has 0 N–H and O–H groups in total. The van der Waals surface area contributed by atoms with Crippen molar-refractivity contribution in [2.24, 2.45) is 0 Å². The third kappa shape index (κ3) is 6.80. The molecule has 0 saturated heterocycles. The van der Waals surface area contributed by atoms with E-state index in [0.29, 0.717) is 0 Å². The zero-order valence-electron chi connectivity index (χ0n) is 5.38. The molecule has 0 spiro atoms. The van der Waals surface area contributed by atoms with Gasteiger partial charge < -0.3 is 0 Å². The molecular formula is C5H12Cl2Si. The summed E-state index contributed by atoms with van der Waals surface area (Å²) in [6.45, 7) is 2.38. The SMILES string of the molecule is CCCC[Si](C)(Cl)Cl. The van der Waals surface area contributed by atoms with Gasteiger partial charge in [0.2, 0.25) is 6.69 Å². The summed E-state index contributed by atoms with van der Waals surface area (Å²) in [4.78, 5) is 0. The van der Waals surface area contributed by atoms with E-state index in [4.69, 9.17) is 22.2 Å². The highest BCUT2D eigenvalue weighted by Crippen LogP contribution is 2.21. The van der Waals surface area contributed by atoms with Crippen LogP contribution >= 0.6 is 22.2 Å². The van der Waals surface area contributed by atoms with Crippen molar-refractivity contribution in [1.29, 1.82) is 0 Å². The lowest BCUT2D eigenvalue weighted by molar-refractivity contribution is 0.876. The van der Waals surface area contributed by atoms with E-state index in [1.165, 1.54) is 12.8 Å². The second-order valence-corrected chi connectivity index (χ2v) is 10.4. The molecule has 0 nitrogen and oxygen atoms in total. The van der Waals surface area contributed by atoms with Crippen molar-refractivity contribution in [1.82, 2.24) is 0 Å². The van der Waals surface area contributed by atoms with Gasteiger partial charge in [-0.1, -0.05) is 19.8 Å². The molecule has 0 rings (SSSR count). The summed E-state index contributed by atoms with van der Waals surface area (Å²) in [5.41, 5.74) is 0. The van der Waals surface area contributed by atoms with Crippen LogP contribution in [0.4, 0.5) is 0 Å². The lowest BCUT2D eigenvalue weighted by atomic mass is 10.4. The molecule has 0 bridgehead atoms. The van der Waals surface area contributed by atoms with E-state index in [1.54, 1.807) is 0 Å². The molecule has 0 fully saturated rings. The smallest absolute Gasteiger partial charge is 0.146 e. The van der Waals surface area contributed by atoms with Crippen LogP contribution in [0.1, 0.15) is 19.8 Å². The summed E-state index contributed by atoms with van der Waals surface area (Å²) in [6, 6.07) is 1.03. The van der Waals surface area contributed by atoms with Crippen LogP contribution in [0.3, 0.4) is 0 Å². The number of unbranched alkanes of at least 4 members (excludes halogenated alkanes) is 1. The first kappa shape index (κ1) is 8.80. The van der Waals surface area contributed by atoms with Crippen molar-refractivity contribution >= 4 is 28.9 Å². The van der Waals surface area contributed by atoms with Crippen LogP contribution in [0.5, 0.6) is 0 Å². The Bertz CT molecular complexity index is 57.9. The summed E-state index contributed by atoms with van der Waals surface area (Å²) in [5, 5.41) is 0. The summed E-state index contributed by atoms with van der Waals surface area (Å²) in [6.07, 6.45) is 2.37. The number of hydrogen-bond donors (Lipinski definition) is 0. The van der Waals surface area contributed by atoms with Crippen molar-refractivity contribution in [3.8, 4) is 0 Å². The first-order valence-corrected chi connectivity index (χ1v) is 7.67. The van der Waals surface area contributed by atoms with E-state index < -0.39 is 6.69 Å². The van der Waals surface area contributed by atoms with Gasteiger partial charge in [-0.3, -0.25) is 0 Å². The standard InChI is InChI=1S/C5H12Cl2Si/c1-3-4-5-8(2,6)7/h3-5H2,1-2H3. The van der Waals surface area contributed by atoms with Crippen molar-refractivity contribution in [2.45, 2.75) is 32.4 Å². The fourth-order valence-corrected chi connectivity index (χ4v) is 2.26. The van der Waals surface area contributed by atoms with Gasteiger partial charge >= 0.3 is 0 Å². The second kappa shape index (κ2) is 3.75. The highest BCUT2D eigenvalue weighted by molar-refractivity contribution is 7.44. The summed E-state index contributed by atoms with van der Waals surface area (Å²) in [7, 11) is 0. The summed E-state index contributed by atoms with van der Waals surface area (Å²) < 4.78 is 0. The van der Waals surface area contributed by atoms with E-state index in [0.717, 1.165) is 6.04 Å². The number of halogens is 2. The van der Waals surface area contributed by atoms with E-state index >= 15 is 0 Å². The maximum atomic E-state index is 5.82. The first-order valence-electron chi connectivity index (χ1n) is 2.94. The summed E-state index contributed by atoms with van der Waals surface area (Å²) in [5.74, 6) is 0.